The van der Waals surface area contributed by atoms with Crippen LogP contribution < -0.4 is 10.6 Å². The molecular weight excluding hydrogens is 356 g/mol. The number of carbonyl (C=O) groups is 1. The van der Waals surface area contributed by atoms with E-state index in [9.17, 15) is 4.79 Å². The summed E-state index contributed by atoms with van der Waals surface area (Å²) in [5.41, 5.74) is 1.89. The Labute approximate surface area is 161 Å². The number of H-pyrrole nitrogens is 1. The molecule has 0 aliphatic carbocycles. The summed E-state index contributed by atoms with van der Waals surface area (Å²) in [5, 5.41) is 17.8. The summed E-state index contributed by atoms with van der Waals surface area (Å²) < 4.78 is 5.32. The van der Waals surface area contributed by atoms with Crippen molar-refractivity contribution in [2.24, 2.45) is 0 Å². The number of anilines is 3. The molecule has 0 aliphatic rings. The van der Waals surface area contributed by atoms with Crippen molar-refractivity contribution in [1.29, 1.82) is 0 Å². The Morgan fingerprint density at radius 3 is 2.82 bits per heavy atom. The number of hydrogen-bond donors (Lipinski definition) is 3. The molecule has 8 nitrogen and oxygen atoms in total. The van der Waals surface area contributed by atoms with Gasteiger partial charge in [0.1, 0.15) is 11.6 Å². The molecule has 142 valence electrons. The lowest BCUT2D eigenvalue weighted by atomic mass is 9.93. The van der Waals surface area contributed by atoms with Crippen LogP contribution in [0.25, 0.3) is 10.9 Å². The Bertz CT molecular complexity index is 1140. The topological polar surface area (TPSA) is 109 Å². The first-order chi connectivity index (χ1) is 13.4. The number of benzene rings is 1. The molecule has 0 atom stereocenters. The van der Waals surface area contributed by atoms with Crippen molar-refractivity contribution < 1.29 is 9.32 Å². The molecule has 0 fully saturated rings. The Morgan fingerprint density at radius 1 is 1.18 bits per heavy atom. The van der Waals surface area contributed by atoms with Gasteiger partial charge in [0.05, 0.1) is 17.3 Å². The minimum Gasteiger partial charge on any atom is -0.359 e. The molecule has 0 saturated carbocycles. The fourth-order valence-corrected chi connectivity index (χ4v) is 2.71. The molecule has 1 amide bonds. The van der Waals surface area contributed by atoms with Crippen LogP contribution in [-0.4, -0.2) is 26.2 Å². The average molecular weight is 376 g/mol. The minimum absolute atomic E-state index is 0.192. The number of fused-ring (bicyclic) bond motifs is 1. The van der Waals surface area contributed by atoms with Crippen molar-refractivity contribution >= 4 is 34.1 Å². The smallest absolute Gasteiger partial charge is 0.260 e. The quantitative estimate of drug-likeness (QED) is 0.491. The molecule has 0 radical (unpaired) electrons. The van der Waals surface area contributed by atoms with Gasteiger partial charge in [0.2, 0.25) is 0 Å². The SMILES string of the molecule is CC(C)(C)c1cc(NC(=O)c2cccnc2Nc2ccc3cn[nH]c3c2)no1. The monoisotopic (exact) mass is 376 g/mol. The Morgan fingerprint density at radius 2 is 2.04 bits per heavy atom. The van der Waals surface area contributed by atoms with Crippen LogP contribution in [-0.2, 0) is 5.41 Å². The highest BCUT2D eigenvalue weighted by atomic mass is 16.5. The fourth-order valence-electron chi connectivity index (χ4n) is 2.71. The maximum atomic E-state index is 12.8. The van der Waals surface area contributed by atoms with Crippen LogP contribution in [0.4, 0.5) is 17.3 Å². The maximum absolute atomic E-state index is 12.8. The molecule has 3 aromatic heterocycles. The zero-order valence-corrected chi connectivity index (χ0v) is 15.8. The van der Waals surface area contributed by atoms with Crippen molar-refractivity contribution in [2.75, 3.05) is 10.6 Å². The van der Waals surface area contributed by atoms with Gasteiger partial charge in [-0.2, -0.15) is 5.10 Å². The van der Waals surface area contributed by atoms with E-state index in [0.717, 1.165) is 16.6 Å². The molecule has 0 spiro atoms. The molecule has 8 heteroatoms. The highest BCUT2D eigenvalue weighted by Crippen LogP contribution is 2.26. The van der Waals surface area contributed by atoms with Crippen LogP contribution in [0, 0.1) is 0 Å². The third kappa shape index (κ3) is 3.57. The van der Waals surface area contributed by atoms with Gasteiger partial charge in [-0.3, -0.25) is 9.89 Å². The van der Waals surface area contributed by atoms with Crippen LogP contribution >= 0.6 is 0 Å². The van der Waals surface area contributed by atoms with Crippen LogP contribution in [0.2, 0.25) is 0 Å². The predicted octanol–water partition coefficient (Wildman–Crippen LogP) is 4.24. The van der Waals surface area contributed by atoms with Gasteiger partial charge in [0, 0.05) is 28.8 Å². The van der Waals surface area contributed by atoms with Gasteiger partial charge in [0.25, 0.3) is 5.91 Å². The molecular formula is C20H20N6O2. The number of nitrogens with zero attached hydrogens (tertiary/aromatic N) is 3. The first-order valence-electron chi connectivity index (χ1n) is 8.84. The van der Waals surface area contributed by atoms with E-state index in [1.165, 1.54) is 0 Å². The summed E-state index contributed by atoms with van der Waals surface area (Å²) in [5.74, 6) is 1.18. The van der Waals surface area contributed by atoms with E-state index in [1.807, 2.05) is 39.0 Å². The largest absolute Gasteiger partial charge is 0.359 e. The molecule has 0 bridgehead atoms. The average Bonchev–Trinajstić information content (AvgIpc) is 3.30. The highest BCUT2D eigenvalue weighted by Gasteiger charge is 2.21. The van der Waals surface area contributed by atoms with Crippen molar-refractivity contribution in [2.45, 2.75) is 26.2 Å². The van der Waals surface area contributed by atoms with Gasteiger partial charge in [-0.05, 0) is 30.3 Å². The zero-order chi connectivity index (χ0) is 19.7. The first kappa shape index (κ1) is 17.7. The summed E-state index contributed by atoms with van der Waals surface area (Å²) >= 11 is 0. The molecule has 4 aromatic rings. The second kappa shape index (κ2) is 6.80. The van der Waals surface area contributed by atoms with Gasteiger partial charge < -0.3 is 15.2 Å². The fraction of sp³-hybridized carbons (Fsp3) is 0.200. The molecule has 0 saturated heterocycles. The number of aromatic nitrogens is 4. The van der Waals surface area contributed by atoms with E-state index >= 15 is 0 Å². The summed E-state index contributed by atoms with van der Waals surface area (Å²) in [6.07, 6.45) is 3.38. The van der Waals surface area contributed by atoms with E-state index in [1.54, 1.807) is 30.6 Å². The van der Waals surface area contributed by atoms with E-state index in [-0.39, 0.29) is 11.3 Å². The molecule has 1 aromatic carbocycles. The lowest BCUT2D eigenvalue weighted by Gasteiger charge is -2.12. The van der Waals surface area contributed by atoms with Gasteiger partial charge in [-0.15, -0.1) is 0 Å². The van der Waals surface area contributed by atoms with Crippen LogP contribution in [0.5, 0.6) is 0 Å². The lowest BCUT2D eigenvalue weighted by Crippen LogP contribution is -2.15. The molecule has 0 unspecified atom stereocenters. The second-order valence-corrected chi connectivity index (χ2v) is 7.48. The molecule has 3 N–H and O–H groups in total. The van der Waals surface area contributed by atoms with Crippen molar-refractivity contribution in [3.63, 3.8) is 0 Å². The number of carbonyl (C=O) groups excluding carboxylic acids is 1. The van der Waals surface area contributed by atoms with Gasteiger partial charge in [-0.25, -0.2) is 4.98 Å². The van der Waals surface area contributed by atoms with E-state index in [0.29, 0.717) is 23.0 Å². The molecule has 28 heavy (non-hydrogen) atoms. The van der Waals surface area contributed by atoms with Crippen molar-refractivity contribution in [1.82, 2.24) is 20.3 Å². The van der Waals surface area contributed by atoms with Crippen molar-refractivity contribution in [3.8, 4) is 0 Å². The third-order valence-electron chi connectivity index (χ3n) is 4.25. The van der Waals surface area contributed by atoms with E-state index in [4.69, 9.17) is 4.52 Å². The van der Waals surface area contributed by atoms with Crippen LogP contribution in [0.1, 0.15) is 36.9 Å². The van der Waals surface area contributed by atoms with Crippen LogP contribution in [0.3, 0.4) is 0 Å². The van der Waals surface area contributed by atoms with Gasteiger partial charge >= 0.3 is 0 Å². The Hall–Kier alpha value is -3.68. The lowest BCUT2D eigenvalue weighted by molar-refractivity contribution is 0.102. The number of amides is 1. The number of pyridine rings is 1. The Balaban J connectivity index is 1.56. The summed E-state index contributed by atoms with van der Waals surface area (Å²) in [6, 6.07) is 10.9. The second-order valence-electron chi connectivity index (χ2n) is 7.48. The van der Waals surface area contributed by atoms with E-state index < -0.39 is 0 Å². The molecule has 3 heterocycles. The minimum atomic E-state index is -0.327. The number of rotatable bonds is 4. The van der Waals surface area contributed by atoms with Gasteiger partial charge in [0.15, 0.2) is 5.82 Å². The highest BCUT2D eigenvalue weighted by molar-refractivity contribution is 6.07. The standard InChI is InChI=1S/C20H20N6O2/c1-20(2,3)16-10-17(26-28-16)24-19(27)14-5-4-8-21-18(14)23-13-7-6-12-11-22-25-15(12)9-13/h4-11H,1-3H3,(H,21,23)(H,22,25)(H,24,26,27). The number of aromatic amines is 1. The normalized spacial score (nSPS) is 11.5. The first-order valence-corrected chi connectivity index (χ1v) is 8.84. The third-order valence-corrected chi connectivity index (χ3v) is 4.25. The van der Waals surface area contributed by atoms with Gasteiger partial charge in [-0.1, -0.05) is 25.9 Å². The zero-order valence-electron chi connectivity index (χ0n) is 15.8. The molecule has 0 aliphatic heterocycles. The predicted molar refractivity (Wildman–Crippen MR) is 107 cm³/mol. The summed E-state index contributed by atoms with van der Waals surface area (Å²) in [7, 11) is 0. The number of hydrogen-bond acceptors (Lipinski definition) is 6. The van der Waals surface area contributed by atoms with Crippen molar-refractivity contribution in [3.05, 3.63) is 60.1 Å². The van der Waals surface area contributed by atoms with Crippen LogP contribution in [0.15, 0.2) is 53.3 Å². The summed E-state index contributed by atoms with van der Waals surface area (Å²) in [6.45, 7) is 6.04. The van der Waals surface area contributed by atoms with E-state index in [2.05, 4.69) is 31.0 Å². The number of nitrogens with one attached hydrogen (secondary N) is 3. The summed E-state index contributed by atoms with van der Waals surface area (Å²) in [4.78, 5) is 17.1. The molecule has 4 rings (SSSR count). The Kier molecular flexibility index (Phi) is 4.31. The maximum Gasteiger partial charge on any atom is 0.260 e.